The van der Waals surface area contributed by atoms with E-state index in [-0.39, 0.29) is 21.7 Å². The van der Waals surface area contributed by atoms with Crippen molar-refractivity contribution in [1.82, 2.24) is 0 Å². The van der Waals surface area contributed by atoms with Crippen molar-refractivity contribution >= 4 is 38.8 Å². The monoisotopic (exact) mass is 439 g/mol. The van der Waals surface area contributed by atoms with Crippen LogP contribution in [0.3, 0.4) is 0 Å². The normalized spacial score (nSPS) is 11.9. The number of hydrogen-bond acceptors (Lipinski definition) is 8. The average Bonchev–Trinajstić information content (AvgIpc) is 2.73. The summed E-state index contributed by atoms with van der Waals surface area (Å²) in [5.41, 5.74) is 1.49. The Labute approximate surface area is 177 Å². The molecule has 3 aromatic carbocycles. The molecule has 0 aliphatic carbocycles. The molecule has 0 bridgehead atoms. The first-order chi connectivity index (χ1) is 14.6. The van der Waals surface area contributed by atoms with Gasteiger partial charge in [-0.2, -0.15) is 28.9 Å². The van der Waals surface area contributed by atoms with Gasteiger partial charge < -0.3 is 10.2 Å². The molecule has 0 atom stereocenters. The number of carboxylic acid groups (broad SMARTS) is 1. The second kappa shape index (κ2) is 8.81. The minimum atomic E-state index is -4.26. The van der Waals surface area contributed by atoms with Crippen LogP contribution in [0.4, 0.5) is 22.7 Å². The zero-order valence-electron chi connectivity index (χ0n) is 16.0. The van der Waals surface area contributed by atoms with Gasteiger partial charge in [0.1, 0.15) is 0 Å². The van der Waals surface area contributed by atoms with E-state index >= 15 is 0 Å². The van der Waals surface area contributed by atoms with Crippen LogP contribution in [-0.2, 0) is 10.1 Å². The molecule has 10 nitrogen and oxygen atoms in total. The third kappa shape index (κ3) is 5.56. The maximum absolute atomic E-state index is 11.8. The molecular formula is C20H15N4O6S-. The standard InChI is InChI=1S/C20H16N4O6S/c1-12-10-16(11-18(19(12)25)20(26)27)24-23-14-4-2-13(3-5-14)21-22-15-6-8-17(9-7-15)31(28,29)30/h2-11,25H,1H3,(H,26,27)(H,28,29,30)/p-1. The molecule has 0 fully saturated rings. The molecule has 0 aliphatic heterocycles. The van der Waals surface area contributed by atoms with Gasteiger partial charge in [-0.3, -0.25) is 4.55 Å². The fourth-order valence-corrected chi connectivity index (χ4v) is 2.95. The quantitative estimate of drug-likeness (QED) is 0.412. The van der Waals surface area contributed by atoms with E-state index in [1.165, 1.54) is 37.3 Å². The van der Waals surface area contributed by atoms with Crippen LogP contribution in [0.2, 0.25) is 0 Å². The smallest absolute Gasteiger partial charge is 0.335 e. The molecule has 0 aromatic heterocycles. The number of aryl methyl sites for hydroxylation is 1. The Kier molecular flexibility index (Phi) is 6.18. The summed E-state index contributed by atoms with van der Waals surface area (Å²) in [4.78, 5) is 10.9. The lowest BCUT2D eigenvalue weighted by atomic mass is 10.1. The second-order valence-electron chi connectivity index (χ2n) is 6.33. The van der Waals surface area contributed by atoms with Gasteiger partial charge in [0, 0.05) is 0 Å². The average molecular weight is 439 g/mol. The SMILES string of the molecule is Cc1cc(N=Nc2ccc(N=Nc3ccc(S(=O)(=O)O)cc3)cc2)cc(C(=O)O)c1[O-]. The van der Waals surface area contributed by atoms with E-state index in [2.05, 4.69) is 20.5 Å². The van der Waals surface area contributed by atoms with Gasteiger partial charge in [-0.25, -0.2) is 4.79 Å². The van der Waals surface area contributed by atoms with Crippen molar-refractivity contribution in [2.75, 3.05) is 0 Å². The fraction of sp³-hybridized carbons (Fsp3) is 0.0500. The minimum Gasteiger partial charge on any atom is -0.872 e. The Bertz CT molecular complexity index is 1280. The van der Waals surface area contributed by atoms with Gasteiger partial charge >= 0.3 is 5.97 Å². The van der Waals surface area contributed by atoms with Crippen LogP contribution >= 0.6 is 0 Å². The third-order valence-corrected chi connectivity index (χ3v) is 4.90. The van der Waals surface area contributed by atoms with E-state index in [0.29, 0.717) is 17.1 Å². The molecule has 0 spiro atoms. The highest BCUT2D eigenvalue weighted by Gasteiger charge is 2.09. The van der Waals surface area contributed by atoms with Crippen molar-refractivity contribution in [1.29, 1.82) is 0 Å². The van der Waals surface area contributed by atoms with Gasteiger partial charge in [0.2, 0.25) is 0 Å². The Morgan fingerprint density at radius 3 is 1.65 bits per heavy atom. The summed E-state index contributed by atoms with van der Waals surface area (Å²) in [5, 5.41) is 36.9. The zero-order chi connectivity index (χ0) is 22.6. The van der Waals surface area contributed by atoms with Crippen LogP contribution in [-0.4, -0.2) is 24.0 Å². The number of carboxylic acids is 1. The highest BCUT2D eigenvalue weighted by atomic mass is 32.2. The van der Waals surface area contributed by atoms with E-state index in [1.807, 2.05) is 0 Å². The molecule has 0 heterocycles. The van der Waals surface area contributed by atoms with Crippen molar-refractivity contribution in [3.8, 4) is 5.75 Å². The molecule has 0 saturated carbocycles. The van der Waals surface area contributed by atoms with Crippen molar-refractivity contribution in [2.24, 2.45) is 20.5 Å². The molecule has 2 N–H and O–H groups in total. The Morgan fingerprint density at radius 2 is 1.23 bits per heavy atom. The minimum absolute atomic E-state index is 0.239. The van der Waals surface area contributed by atoms with Crippen molar-refractivity contribution in [3.05, 3.63) is 71.8 Å². The summed E-state index contributed by atoms with van der Waals surface area (Å²) in [6, 6.07) is 14.3. The molecule has 0 saturated heterocycles. The lowest BCUT2D eigenvalue weighted by molar-refractivity contribution is -0.269. The number of hydrogen-bond donors (Lipinski definition) is 2. The molecule has 0 amide bonds. The lowest BCUT2D eigenvalue weighted by Gasteiger charge is -2.14. The summed E-state index contributed by atoms with van der Waals surface area (Å²) in [5.74, 6) is -1.89. The van der Waals surface area contributed by atoms with Gasteiger partial charge in [0.05, 0.1) is 33.2 Å². The number of benzene rings is 3. The van der Waals surface area contributed by atoms with Crippen LogP contribution in [0.5, 0.6) is 5.75 Å². The van der Waals surface area contributed by atoms with Crippen LogP contribution in [0.25, 0.3) is 0 Å². The molecule has 31 heavy (non-hydrogen) atoms. The topological polar surface area (TPSA) is 164 Å². The third-order valence-electron chi connectivity index (χ3n) is 4.04. The van der Waals surface area contributed by atoms with E-state index in [9.17, 15) is 18.3 Å². The van der Waals surface area contributed by atoms with E-state index in [4.69, 9.17) is 9.66 Å². The molecular weight excluding hydrogens is 424 g/mol. The van der Waals surface area contributed by atoms with Crippen LogP contribution in [0.15, 0.2) is 86.0 Å². The zero-order valence-corrected chi connectivity index (χ0v) is 16.8. The van der Waals surface area contributed by atoms with Gasteiger partial charge in [0.25, 0.3) is 10.1 Å². The summed E-state index contributed by atoms with van der Waals surface area (Å²) < 4.78 is 31.0. The van der Waals surface area contributed by atoms with Gasteiger partial charge in [-0.1, -0.05) is 11.3 Å². The van der Waals surface area contributed by atoms with E-state index in [1.54, 1.807) is 24.3 Å². The van der Waals surface area contributed by atoms with Crippen molar-refractivity contribution in [3.63, 3.8) is 0 Å². The largest absolute Gasteiger partial charge is 0.872 e. The molecule has 0 aliphatic rings. The molecule has 11 heteroatoms. The summed E-state index contributed by atoms with van der Waals surface area (Å²) in [7, 11) is -4.26. The van der Waals surface area contributed by atoms with Gasteiger partial charge in [0.15, 0.2) is 0 Å². The van der Waals surface area contributed by atoms with E-state index < -0.39 is 21.8 Å². The predicted molar refractivity (Wildman–Crippen MR) is 109 cm³/mol. The molecule has 0 radical (unpaired) electrons. The predicted octanol–water partition coefficient (Wildman–Crippen LogP) is 4.84. The van der Waals surface area contributed by atoms with Gasteiger partial charge in [-0.15, -0.1) is 0 Å². The van der Waals surface area contributed by atoms with Crippen LogP contribution < -0.4 is 5.11 Å². The first-order valence-electron chi connectivity index (χ1n) is 8.69. The van der Waals surface area contributed by atoms with Crippen LogP contribution in [0.1, 0.15) is 15.9 Å². The van der Waals surface area contributed by atoms with Crippen molar-refractivity contribution < 1.29 is 28.0 Å². The number of nitrogens with zero attached hydrogens (tertiary/aromatic N) is 4. The molecule has 3 rings (SSSR count). The molecule has 0 unspecified atom stereocenters. The van der Waals surface area contributed by atoms with Crippen molar-refractivity contribution in [2.45, 2.75) is 11.8 Å². The summed E-state index contributed by atoms with van der Waals surface area (Å²) >= 11 is 0. The Balaban J connectivity index is 1.72. The first-order valence-corrected chi connectivity index (χ1v) is 10.1. The Morgan fingerprint density at radius 1 is 0.806 bits per heavy atom. The summed E-state index contributed by atoms with van der Waals surface area (Å²) in [6.07, 6.45) is 0. The number of carbonyl (C=O) groups is 1. The number of aromatic carboxylic acids is 1. The second-order valence-corrected chi connectivity index (χ2v) is 7.75. The van der Waals surface area contributed by atoms with Gasteiger partial charge in [-0.05, 0) is 67.6 Å². The number of rotatable bonds is 6. The fourth-order valence-electron chi connectivity index (χ4n) is 2.47. The maximum atomic E-state index is 11.8. The highest BCUT2D eigenvalue weighted by molar-refractivity contribution is 7.85. The summed E-state index contributed by atoms with van der Waals surface area (Å²) in [6.45, 7) is 1.50. The number of azo groups is 2. The maximum Gasteiger partial charge on any atom is 0.335 e. The van der Waals surface area contributed by atoms with Crippen LogP contribution in [0, 0.1) is 6.92 Å². The van der Waals surface area contributed by atoms with E-state index in [0.717, 1.165) is 6.07 Å². The highest BCUT2D eigenvalue weighted by Crippen LogP contribution is 2.28. The molecule has 3 aromatic rings. The molecule has 158 valence electrons. The Hall–Kier alpha value is -3.96. The lowest BCUT2D eigenvalue weighted by Crippen LogP contribution is -2.05. The first kappa shape index (κ1) is 21.7.